The molecular weight excluding hydrogens is 391 g/mol. The predicted octanol–water partition coefficient (Wildman–Crippen LogP) is 2.46. The van der Waals surface area contributed by atoms with E-state index in [-0.39, 0.29) is 11.7 Å². The summed E-state index contributed by atoms with van der Waals surface area (Å²) >= 11 is 1.37. The topological polar surface area (TPSA) is 67.2 Å². The fraction of sp³-hybridized carbons (Fsp3) is 0.300. The van der Waals surface area contributed by atoms with E-state index in [9.17, 15) is 9.18 Å². The molecule has 1 saturated heterocycles. The van der Waals surface area contributed by atoms with Crippen LogP contribution in [0.2, 0.25) is 0 Å². The molecule has 29 heavy (non-hydrogen) atoms. The van der Waals surface area contributed by atoms with Gasteiger partial charge >= 0.3 is 0 Å². The summed E-state index contributed by atoms with van der Waals surface area (Å²) in [5, 5.41) is 9.09. The molecule has 0 saturated carbocycles. The van der Waals surface area contributed by atoms with Crippen molar-refractivity contribution in [2.75, 3.05) is 36.8 Å². The number of amides is 1. The van der Waals surface area contributed by atoms with Crippen LogP contribution in [0.4, 0.5) is 10.1 Å². The highest BCUT2D eigenvalue weighted by atomic mass is 32.2. The van der Waals surface area contributed by atoms with Crippen molar-refractivity contribution in [1.29, 1.82) is 0 Å². The Kier molecular flexibility index (Phi) is 5.75. The Labute approximate surface area is 172 Å². The van der Waals surface area contributed by atoms with E-state index in [1.54, 1.807) is 24.5 Å². The monoisotopic (exact) mass is 412 g/mol. The van der Waals surface area contributed by atoms with Crippen molar-refractivity contribution in [3.8, 4) is 11.4 Å². The Balaban J connectivity index is 1.32. The van der Waals surface area contributed by atoms with Crippen LogP contribution in [-0.4, -0.2) is 62.5 Å². The number of pyridine rings is 1. The summed E-state index contributed by atoms with van der Waals surface area (Å²) in [6, 6.07) is 10.5. The number of hydrogen-bond acceptors (Lipinski definition) is 6. The number of hydrogen-bond donors (Lipinski definition) is 0. The highest BCUT2D eigenvalue weighted by Gasteiger charge is 2.23. The van der Waals surface area contributed by atoms with Gasteiger partial charge in [-0.1, -0.05) is 23.9 Å². The molecule has 3 aromatic rings. The van der Waals surface area contributed by atoms with Crippen LogP contribution in [-0.2, 0) is 11.8 Å². The summed E-state index contributed by atoms with van der Waals surface area (Å²) in [6.45, 7) is 2.39. The summed E-state index contributed by atoms with van der Waals surface area (Å²) in [5.41, 5.74) is 1.47. The van der Waals surface area contributed by atoms with Crippen LogP contribution in [0.1, 0.15) is 0 Å². The van der Waals surface area contributed by atoms with Crippen LogP contribution < -0.4 is 4.90 Å². The molecule has 4 rings (SSSR count). The van der Waals surface area contributed by atoms with Crippen molar-refractivity contribution >= 4 is 23.4 Å². The number of carbonyl (C=O) groups excluding carboxylic acids is 1. The molecule has 0 spiro atoms. The van der Waals surface area contributed by atoms with Crippen molar-refractivity contribution < 1.29 is 9.18 Å². The molecule has 7 nitrogen and oxygen atoms in total. The smallest absolute Gasteiger partial charge is 0.233 e. The third-order valence-electron chi connectivity index (χ3n) is 4.90. The standard InChI is InChI=1S/C20H21FN6OS/c1-25-19(15-5-4-8-22-13-15)23-24-20(25)29-14-18(28)27-11-9-26(10-12-27)17-7-3-2-6-16(17)21/h2-8,13H,9-12,14H2,1H3. The maximum absolute atomic E-state index is 14.0. The van der Waals surface area contributed by atoms with Gasteiger partial charge < -0.3 is 14.4 Å². The van der Waals surface area contributed by atoms with Crippen molar-refractivity contribution in [3.05, 3.63) is 54.6 Å². The van der Waals surface area contributed by atoms with Gasteiger partial charge in [0.2, 0.25) is 5.91 Å². The van der Waals surface area contributed by atoms with Crippen molar-refractivity contribution in [2.24, 2.45) is 7.05 Å². The van der Waals surface area contributed by atoms with E-state index in [0.29, 0.717) is 48.6 Å². The first-order valence-electron chi connectivity index (χ1n) is 9.33. The van der Waals surface area contributed by atoms with E-state index in [2.05, 4.69) is 15.2 Å². The summed E-state index contributed by atoms with van der Waals surface area (Å²) in [7, 11) is 1.88. The number of carbonyl (C=O) groups is 1. The van der Waals surface area contributed by atoms with Crippen LogP contribution in [0.25, 0.3) is 11.4 Å². The number of nitrogens with zero attached hydrogens (tertiary/aromatic N) is 6. The molecule has 0 unspecified atom stereocenters. The zero-order valence-corrected chi connectivity index (χ0v) is 16.8. The van der Waals surface area contributed by atoms with Crippen LogP contribution in [0.15, 0.2) is 53.9 Å². The largest absolute Gasteiger partial charge is 0.366 e. The van der Waals surface area contributed by atoms with Gasteiger partial charge in [0.15, 0.2) is 11.0 Å². The van der Waals surface area contributed by atoms with Gasteiger partial charge in [0.1, 0.15) is 5.82 Å². The average Bonchev–Trinajstić information content (AvgIpc) is 3.13. The predicted molar refractivity (Wildman–Crippen MR) is 110 cm³/mol. The summed E-state index contributed by atoms with van der Waals surface area (Å²) in [5.74, 6) is 0.828. The first-order chi connectivity index (χ1) is 14.1. The van der Waals surface area contributed by atoms with Gasteiger partial charge in [-0.3, -0.25) is 9.78 Å². The molecule has 0 N–H and O–H groups in total. The van der Waals surface area contributed by atoms with Crippen LogP contribution in [0, 0.1) is 5.82 Å². The zero-order valence-electron chi connectivity index (χ0n) is 16.0. The third-order valence-corrected chi connectivity index (χ3v) is 5.91. The minimum Gasteiger partial charge on any atom is -0.366 e. The Bertz CT molecular complexity index is 988. The van der Waals surface area contributed by atoms with Gasteiger partial charge in [0.05, 0.1) is 11.4 Å². The number of aromatic nitrogens is 4. The summed E-state index contributed by atoms with van der Waals surface area (Å²) < 4.78 is 15.8. The zero-order chi connectivity index (χ0) is 20.2. The normalized spacial score (nSPS) is 14.3. The molecular formula is C20H21FN6OS. The Morgan fingerprint density at radius 3 is 2.62 bits per heavy atom. The summed E-state index contributed by atoms with van der Waals surface area (Å²) in [4.78, 5) is 20.5. The average molecular weight is 412 g/mol. The molecule has 0 aliphatic carbocycles. The van der Waals surface area contributed by atoms with Gasteiger partial charge in [0, 0.05) is 51.2 Å². The molecule has 1 aliphatic heterocycles. The van der Waals surface area contributed by atoms with Crippen molar-refractivity contribution in [1.82, 2.24) is 24.6 Å². The van der Waals surface area contributed by atoms with Gasteiger partial charge in [-0.15, -0.1) is 10.2 Å². The number of thioether (sulfide) groups is 1. The number of rotatable bonds is 5. The Morgan fingerprint density at radius 1 is 1.10 bits per heavy atom. The first kappa shape index (κ1) is 19.4. The van der Waals surface area contributed by atoms with E-state index in [0.717, 1.165) is 5.56 Å². The second-order valence-corrected chi connectivity index (χ2v) is 7.66. The van der Waals surface area contributed by atoms with Gasteiger partial charge in [-0.05, 0) is 24.3 Å². The highest BCUT2D eigenvalue weighted by Crippen LogP contribution is 2.23. The van der Waals surface area contributed by atoms with Gasteiger partial charge in [-0.2, -0.15) is 0 Å². The Morgan fingerprint density at radius 2 is 1.90 bits per heavy atom. The van der Waals surface area contributed by atoms with Gasteiger partial charge in [0.25, 0.3) is 0 Å². The van der Waals surface area contributed by atoms with Crippen LogP contribution in [0.5, 0.6) is 0 Å². The second-order valence-electron chi connectivity index (χ2n) is 6.71. The fourth-order valence-electron chi connectivity index (χ4n) is 3.31. The van der Waals surface area contributed by atoms with Gasteiger partial charge in [-0.25, -0.2) is 4.39 Å². The minimum absolute atomic E-state index is 0.0501. The number of para-hydroxylation sites is 1. The van der Waals surface area contributed by atoms with Crippen LogP contribution >= 0.6 is 11.8 Å². The van der Waals surface area contributed by atoms with E-state index < -0.39 is 0 Å². The second kappa shape index (κ2) is 8.60. The van der Waals surface area contributed by atoms with Crippen molar-refractivity contribution in [2.45, 2.75) is 5.16 Å². The maximum atomic E-state index is 14.0. The molecule has 0 radical (unpaired) electrons. The SMILES string of the molecule is Cn1c(SCC(=O)N2CCN(c3ccccc3F)CC2)nnc1-c1cccnc1. The molecule has 9 heteroatoms. The molecule has 1 aromatic carbocycles. The van der Waals surface area contributed by atoms with Crippen LogP contribution in [0.3, 0.4) is 0 Å². The minimum atomic E-state index is -0.227. The number of anilines is 1. The van der Waals surface area contributed by atoms with E-state index in [4.69, 9.17) is 0 Å². The lowest BCUT2D eigenvalue weighted by Crippen LogP contribution is -2.49. The van der Waals surface area contributed by atoms with Crippen molar-refractivity contribution in [3.63, 3.8) is 0 Å². The maximum Gasteiger partial charge on any atom is 0.233 e. The quantitative estimate of drug-likeness (QED) is 0.600. The summed E-state index contributed by atoms with van der Waals surface area (Å²) in [6.07, 6.45) is 3.44. The lowest BCUT2D eigenvalue weighted by molar-refractivity contribution is -0.128. The molecule has 3 heterocycles. The molecule has 0 bridgehead atoms. The molecule has 150 valence electrons. The Hall–Kier alpha value is -2.94. The number of piperazine rings is 1. The molecule has 0 atom stereocenters. The van der Waals surface area contributed by atoms with E-state index in [1.165, 1.54) is 17.8 Å². The molecule has 2 aromatic heterocycles. The molecule has 1 amide bonds. The first-order valence-corrected chi connectivity index (χ1v) is 10.3. The highest BCUT2D eigenvalue weighted by molar-refractivity contribution is 7.99. The molecule has 1 aliphatic rings. The lowest BCUT2D eigenvalue weighted by atomic mass is 10.2. The van der Waals surface area contributed by atoms with E-state index >= 15 is 0 Å². The lowest BCUT2D eigenvalue weighted by Gasteiger charge is -2.36. The molecule has 1 fully saturated rings. The van der Waals surface area contributed by atoms with E-state index in [1.807, 2.05) is 39.6 Å². The number of halogens is 1. The number of benzene rings is 1. The fourth-order valence-corrected chi connectivity index (χ4v) is 4.12. The third kappa shape index (κ3) is 4.24.